The second-order valence-corrected chi connectivity index (χ2v) is 7.36. The number of pyridine rings is 1. The van der Waals surface area contributed by atoms with Crippen molar-refractivity contribution in [3.8, 4) is 0 Å². The van der Waals surface area contributed by atoms with E-state index in [0.29, 0.717) is 5.92 Å². The number of nitrogens with one attached hydrogen (secondary N) is 1. The lowest BCUT2D eigenvalue weighted by molar-refractivity contribution is 0.221. The van der Waals surface area contributed by atoms with Gasteiger partial charge in [-0.2, -0.15) is 5.10 Å². The Labute approximate surface area is 146 Å². The first kappa shape index (κ1) is 16.8. The highest BCUT2D eigenvalue weighted by Crippen LogP contribution is 2.22. The van der Waals surface area contributed by atoms with Crippen LogP contribution in [0.25, 0.3) is 0 Å². The topological polar surface area (TPSA) is 63.1 Å². The van der Waals surface area contributed by atoms with E-state index < -0.39 is 0 Å². The highest BCUT2D eigenvalue weighted by atomic mass is 32.2. The van der Waals surface area contributed by atoms with Gasteiger partial charge in [-0.05, 0) is 42.2 Å². The predicted octanol–water partition coefficient (Wildman–Crippen LogP) is 3.02. The second kappa shape index (κ2) is 7.70. The Morgan fingerprint density at radius 3 is 2.96 bits per heavy atom. The number of likely N-dealkylation sites (tertiary alicyclic amines) is 1. The van der Waals surface area contributed by atoms with Crippen LogP contribution in [-0.2, 0) is 13.5 Å². The Kier molecular flexibility index (Phi) is 5.40. The molecule has 1 fully saturated rings. The molecular weight excluding hydrogens is 322 g/mol. The van der Waals surface area contributed by atoms with E-state index in [0.717, 1.165) is 42.4 Å². The van der Waals surface area contributed by atoms with Crippen LogP contribution in [0.5, 0.6) is 0 Å². The SMILES string of the molecule is CCSc1ccc(NC(=O)N2CC[C@@H](Cc3cnn(C)c3)C2)cn1. The van der Waals surface area contributed by atoms with Crippen LogP contribution in [-0.4, -0.2) is 44.5 Å². The Bertz CT molecular complexity index is 685. The summed E-state index contributed by atoms with van der Waals surface area (Å²) in [6.45, 7) is 3.68. The summed E-state index contributed by atoms with van der Waals surface area (Å²) in [5.41, 5.74) is 1.98. The third-order valence-corrected chi connectivity index (χ3v) is 4.96. The van der Waals surface area contributed by atoms with E-state index in [1.165, 1.54) is 5.56 Å². The summed E-state index contributed by atoms with van der Waals surface area (Å²) < 4.78 is 1.82. The molecule has 0 bridgehead atoms. The van der Waals surface area contributed by atoms with Crippen LogP contribution in [0.15, 0.2) is 35.7 Å². The molecular formula is C17H23N5OS. The Hall–Kier alpha value is -2.02. The number of carbonyl (C=O) groups is 1. The highest BCUT2D eigenvalue weighted by molar-refractivity contribution is 7.99. The van der Waals surface area contributed by atoms with E-state index in [4.69, 9.17) is 0 Å². The third kappa shape index (κ3) is 4.29. The van der Waals surface area contributed by atoms with Crippen LogP contribution >= 0.6 is 11.8 Å². The number of aromatic nitrogens is 3. The van der Waals surface area contributed by atoms with E-state index in [2.05, 4.69) is 22.3 Å². The number of nitrogens with zero attached hydrogens (tertiary/aromatic N) is 4. The van der Waals surface area contributed by atoms with Crippen molar-refractivity contribution in [2.24, 2.45) is 13.0 Å². The zero-order chi connectivity index (χ0) is 16.9. The Morgan fingerprint density at radius 2 is 2.29 bits per heavy atom. The van der Waals surface area contributed by atoms with Gasteiger partial charge in [0.15, 0.2) is 0 Å². The number of anilines is 1. The minimum atomic E-state index is -0.0404. The highest BCUT2D eigenvalue weighted by Gasteiger charge is 2.26. The van der Waals surface area contributed by atoms with Crippen molar-refractivity contribution in [1.29, 1.82) is 0 Å². The van der Waals surface area contributed by atoms with Crippen LogP contribution in [0.3, 0.4) is 0 Å². The maximum Gasteiger partial charge on any atom is 0.321 e. The zero-order valence-corrected chi connectivity index (χ0v) is 14.9. The fourth-order valence-corrected chi connectivity index (χ4v) is 3.57. The molecule has 0 spiro atoms. The van der Waals surface area contributed by atoms with E-state index in [1.54, 1.807) is 18.0 Å². The number of hydrogen-bond acceptors (Lipinski definition) is 4. The molecule has 1 aliphatic heterocycles. The summed E-state index contributed by atoms with van der Waals surface area (Å²) in [6, 6.07) is 3.81. The van der Waals surface area contributed by atoms with Crippen LogP contribution in [0, 0.1) is 5.92 Å². The molecule has 24 heavy (non-hydrogen) atoms. The largest absolute Gasteiger partial charge is 0.324 e. The normalized spacial score (nSPS) is 17.2. The van der Waals surface area contributed by atoms with Crippen molar-refractivity contribution in [1.82, 2.24) is 19.7 Å². The fourth-order valence-electron chi connectivity index (χ4n) is 2.98. The van der Waals surface area contributed by atoms with Gasteiger partial charge >= 0.3 is 6.03 Å². The lowest BCUT2D eigenvalue weighted by Gasteiger charge is -2.17. The molecule has 0 unspecified atom stereocenters. The molecule has 2 aromatic rings. The monoisotopic (exact) mass is 345 g/mol. The third-order valence-electron chi connectivity index (χ3n) is 4.14. The van der Waals surface area contributed by atoms with Gasteiger partial charge in [0.05, 0.1) is 23.1 Å². The summed E-state index contributed by atoms with van der Waals surface area (Å²) in [4.78, 5) is 18.6. The maximum atomic E-state index is 12.4. The van der Waals surface area contributed by atoms with E-state index in [1.807, 2.05) is 41.2 Å². The van der Waals surface area contributed by atoms with Crippen LogP contribution in [0.2, 0.25) is 0 Å². The van der Waals surface area contributed by atoms with Gasteiger partial charge in [0.1, 0.15) is 0 Å². The minimum Gasteiger partial charge on any atom is -0.324 e. The standard InChI is InChI=1S/C17H23N5OS/c1-3-24-16-5-4-15(10-18-16)20-17(23)22-7-6-13(12-22)8-14-9-19-21(2)11-14/h4-5,9-11,13H,3,6-8,12H2,1-2H3,(H,20,23)/t13-/m0/s1. The smallest absolute Gasteiger partial charge is 0.321 e. The Balaban J connectivity index is 1.50. The number of rotatable bonds is 5. The summed E-state index contributed by atoms with van der Waals surface area (Å²) in [6.07, 6.45) is 7.68. The average molecular weight is 345 g/mol. The molecule has 6 nitrogen and oxygen atoms in total. The average Bonchev–Trinajstić information content (AvgIpc) is 3.19. The molecule has 2 aromatic heterocycles. The molecule has 0 aromatic carbocycles. The molecule has 3 rings (SSSR count). The number of urea groups is 1. The summed E-state index contributed by atoms with van der Waals surface area (Å²) in [5, 5.41) is 8.12. The Morgan fingerprint density at radius 1 is 1.42 bits per heavy atom. The van der Waals surface area contributed by atoms with Crippen LogP contribution in [0.4, 0.5) is 10.5 Å². The molecule has 1 aliphatic rings. The minimum absolute atomic E-state index is 0.0404. The number of amides is 2. The van der Waals surface area contributed by atoms with Crippen molar-refractivity contribution in [2.75, 3.05) is 24.2 Å². The van der Waals surface area contributed by atoms with Gasteiger partial charge in [0, 0.05) is 26.3 Å². The fraction of sp³-hybridized carbons (Fsp3) is 0.471. The molecule has 0 radical (unpaired) electrons. The first-order chi connectivity index (χ1) is 11.6. The van der Waals surface area contributed by atoms with E-state index >= 15 is 0 Å². The van der Waals surface area contributed by atoms with E-state index in [-0.39, 0.29) is 6.03 Å². The number of carbonyl (C=O) groups excluding carboxylic acids is 1. The molecule has 1 N–H and O–H groups in total. The number of thioether (sulfide) groups is 1. The van der Waals surface area contributed by atoms with Gasteiger partial charge in [-0.3, -0.25) is 4.68 Å². The zero-order valence-electron chi connectivity index (χ0n) is 14.1. The summed E-state index contributed by atoms with van der Waals surface area (Å²) >= 11 is 1.69. The van der Waals surface area contributed by atoms with E-state index in [9.17, 15) is 4.79 Å². The summed E-state index contributed by atoms with van der Waals surface area (Å²) in [7, 11) is 1.93. The van der Waals surface area contributed by atoms with Crippen molar-refractivity contribution in [3.05, 3.63) is 36.3 Å². The van der Waals surface area contributed by atoms with Crippen LogP contribution in [0.1, 0.15) is 18.9 Å². The van der Waals surface area contributed by atoms with Crippen LogP contribution < -0.4 is 5.32 Å². The molecule has 3 heterocycles. The van der Waals surface area contributed by atoms with Crippen molar-refractivity contribution in [3.63, 3.8) is 0 Å². The molecule has 128 valence electrons. The van der Waals surface area contributed by atoms with Gasteiger partial charge in [-0.25, -0.2) is 9.78 Å². The predicted molar refractivity (Wildman–Crippen MR) is 96.2 cm³/mol. The molecule has 0 saturated carbocycles. The number of aryl methyl sites for hydroxylation is 1. The summed E-state index contributed by atoms with van der Waals surface area (Å²) in [5.74, 6) is 1.49. The van der Waals surface area contributed by atoms with Gasteiger partial charge in [-0.15, -0.1) is 11.8 Å². The lowest BCUT2D eigenvalue weighted by atomic mass is 10.0. The van der Waals surface area contributed by atoms with Gasteiger partial charge < -0.3 is 10.2 Å². The second-order valence-electron chi connectivity index (χ2n) is 6.08. The van der Waals surface area contributed by atoms with Gasteiger partial charge in [0.2, 0.25) is 0 Å². The lowest BCUT2D eigenvalue weighted by Crippen LogP contribution is -2.33. The first-order valence-electron chi connectivity index (χ1n) is 8.26. The van der Waals surface area contributed by atoms with Crippen molar-refractivity contribution < 1.29 is 4.79 Å². The molecule has 7 heteroatoms. The molecule has 0 aliphatic carbocycles. The molecule has 1 saturated heterocycles. The maximum absolute atomic E-state index is 12.4. The van der Waals surface area contributed by atoms with Gasteiger partial charge in [-0.1, -0.05) is 6.92 Å². The number of hydrogen-bond donors (Lipinski definition) is 1. The van der Waals surface area contributed by atoms with Gasteiger partial charge in [0.25, 0.3) is 0 Å². The van der Waals surface area contributed by atoms with Crippen molar-refractivity contribution >= 4 is 23.5 Å². The quantitative estimate of drug-likeness (QED) is 0.846. The first-order valence-corrected chi connectivity index (χ1v) is 9.25. The molecule has 2 amide bonds. The van der Waals surface area contributed by atoms with Crippen molar-refractivity contribution in [2.45, 2.75) is 24.8 Å². The molecule has 1 atom stereocenters.